The van der Waals surface area contributed by atoms with Crippen molar-refractivity contribution in [3.05, 3.63) is 35.9 Å². The van der Waals surface area contributed by atoms with Crippen molar-refractivity contribution in [3.63, 3.8) is 0 Å². The van der Waals surface area contributed by atoms with Gasteiger partial charge in [-0.1, -0.05) is 56.9 Å². The molecule has 1 saturated heterocycles. The Morgan fingerprint density at radius 2 is 1.89 bits per heavy atom. The normalized spacial score (nSPS) is 19.8. The number of benzene rings is 1. The first kappa shape index (κ1) is 22.3. The number of alkyl carbamates (subject to hydrolysis) is 1. The van der Waals surface area contributed by atoms with E-state index < -0.39 is 8.07 Å². The second kappa shape index (κ2) is 10.5. The molecule has 6 nitrogen and oxygen atoms in total. The molecule has 2 rings (SSSR count). The third kappa shape index (κ3) is 7.54. The quantitative estimate of drug-likeness (QED) is 0.670. The topological polar surface area (TPSA) is 67.9 Å². The molecular weight excluding hydrogens is 372 g/mol. The number of hydrogen-bond donors (Lipinski definition) is 1. The van der Waals surface area contributed by atoms with Gasteiger partial charge in [0.25, 0.3) is 0 Å². The Morgan fingerprint density at radius 1 is 1.18 bits per heavy atom. The van der Waals surface area contributed by atoms with Crippen LogP contribution in [0.5, 0.6) is 0 Å². The van der Waals surface area contributed by atoms with Gasteiger partial charge < -0.3 is 19.7 Å². The molecule has 2 atom stereocenters. The van der Waals surface area contributed by atoms with E-state index in [1.165, 1.54) is 0 Å². The number of nitrogens with one attached hydrogen (secondary N) is 1. The summed E-state index contributed by atoms with van der Waals surface area (Å²) in [4.78, 5) is 26.3. The van der Waals surface area contributed by atoms with Crippen LogP contribution in [0.2, 0.25) is 25.7 Å². The minimum Gasteiger partial charge on any atom is -0.450 e. The lowest BCUT2D eigenvalue weighted by atomic mass is 9.96. The SMILES string of the molecule is CC[C@@H]1C[C@H](NC(=O)OCC[Si](C)(C)C)CCN1C(=O)OCc1ccccc1. The fraction of sp³-hybridized carbons (Fsp3) is 0.619. The van der Waals surface area contributed by atoms with Crippen LogP contribution in [0.3, 0.4) is 0 Å². The van der Waals surface area contributed by atoms with E-state index in [2.05, 4.69) is 31.9 Å². The summed E-state index contributed by atoms with van der Waals surface area (Å²) < 4.78 is 10.8. The number of carbonyl (C=O) groups is 2. The number of likely N-dealkylation sites (tertiary alicyclic amines) is 1. The van der Waals surface area contributed by atoms with E-state index in [0.717, 1.165) is 24.4 Å². The van der Waals surface area contributed by atoms with Crippen molar-refractivity contribution < 1.29 is 19.1 Å². The Balaban J connectivity index is 1.77. The van der Waals surface area contributed by atoms with Crippen molar-refractivity contribution in [3.8, 4) is 0 Å². The predicted octanol–water partition coefficient (Wildman–Crippen LogP) is 4.63. The van der Waals surface area contributed by atoms with Gasteiger partial charge in [-0.05, 0) is 30.9 Å². The molecule has 1 aromatic carbocycles. The van der Waals surface area contributed by atoms with E-state index in [0.29, 0.717) is 19.6 Å². The third-order valence-electron chi connectivity index (χ3n) is 5.03. The number of amides is 2. The van der Waals surface area contributed by atoms with Crippen LogP contribution in [-0.2, 0) is 16.1 Å². The maximum Gasteiger partial charge on any atom is 0.410 e. The zero-order valence-electron chi connectivity index (χ0n) is 17.6. The van der Waals surface area contributed by atoms with Crippen LogP contribution in [-0.4, -0.2) is 50.4 Å². The molecule has 7 heteroatoms. The summed E-state index contributed by atoms with van der Waals surface area (Å²) in [6.07, 6.45) is 1.62. The Morgan fingerprint density at radius 3 is 2.54 bits per heavy atom. The van der Waals surface area contributed by atoms with Crippen molar-refractivity contribution in [2.75, 3.05) is 13.2 Å². The third-order valence-corrected chi connectivity index (χ3v) is 6.74. The lowest BCUT2D eigenvalue weighted by Crippen LogP contribution is -2.52. The van der Waals surface area contributed by atoms with Crippen LogP contribution < -0.4 is 5.32 Å². The van der Waals surface area contributed by atoms with Gasteiger partial charge in [-0.25, -0.2) is 9.59 Å². The molecule has 1 aliphatic heterocycles. The van der Waals surface area contributed by atoms with Gasteiger partial charge in [0, 0.05) is 26.7 Å². The van der Waals surface area contributed by atoms with Crippen LogP contribution >= 0.6 is 0 Å². The van der Waals surface area contributed by atoms with Crippen LogP contribution in [0.25, 0.3) is 0 Å². The molecule has 0 radical (unpaired) electrons. The van der Waals surface area contributed by atoms with Crippen molar-refractivity contribution in [1.29, 1.82) is 0 Å². The highest BCUT2D eigenvalue weighted by Gasteiger charge is 2.32. The summed E-state index contributed by atoms with van der Waals surface area (Å²) in [6.45, 7) is 10.1. The molecule has 28 heavy (non-hydrogen) atoms. The van der Waals surface area contributed by atoms with E-state index in [9.17, 15) is 9.59 Å². The summed E-state index contributed by atoms with van der Waals surface area (Å²) in [6, 6.07) is 10.7. The molecule has 0 aromatic heterocycles. The monoisotopic (exact) mass is 406 g/mol. The molecule has 1 fully saturated rings. The molecule has 0 aliphatic carbocycles. The molecule has 1 aliphatic rings. The Hall–Kier alpha value is -2.02. The average molecular weight is 407 g/mol. The minimum atomic E-state index is -1.21. The number of piperidine rings is 1. The summed E-state index contributed by atoms with van der Waals surface area (Å²) in [5, 5.41) is 2.96. The van der Waals surface area contributed by atoms with Gasteiger partial charge >= 0.3 is 12.2 Å². The molecular formula is C21H34N2O4Si. The molecule has 156 valence electrons. The van der Waals surface area contributed by atoms with Crippen molar-refractivity contribution >= 4 is 20.3 Å². The predicted molar refractivity (Wildman–Crippen MR) is 113 cm³/mol. The fourth-order valence-corrected chi connectivity index (χ4v) is 3.98. The van der Waals surface area contributed by atoms with Gasteiger partial charge in [-0.2, -0.15) is 0 Å². The number of hydrogen-bond acceptors (Lipinski definition) is 4. The van der Waals surface area contributed by atoms with Gasteiger partial charge in [0.15, 0.2) is 0 Å². The van der Waals surface area contributed by atoms with Gasteiger partial charge in [0.2, 0.25) is 0 Å². The fourth-order valence-electron chi connectivity index (χ4n) is 3.27. The zero-order chi connectivity index (χ0) is 20.6. The first-order chi connectivity index (χ1) is 13.3. The van der Waals surface area contributed by atoms with Gasteiger partial charge in [0.05, 0.1) is 6.61 Å². The first-order valence-corrected chi connectivity index (χ1v) is 13.9. The molecule has 0 unspecified atom stereocenters. The van der Waals surface area contributed by atoms with Crippen molar-refractivity contribution in [2.45, 2.75) is 70.6 Å². The van der Waals surface area contributed by atoms with Crippen LogP contribution in [0.15, 0.2) is 30.3 Å². The Bertz CT molecular complexity index is 633. The van der Waals surface area contributed by atoms with E-state index in [1.54, 1.807) is 4.90 Å². The largest absolute Gasteiger partial charge is 0.450 e. The Kier molecular flexibility index (Phi) is 8.35. The average Bonchev–Trinajstić information content (AvgIpc) is 2.65. The second-order valence-electron chi connectivity index (χ2n) is 8.61. The summed E-state index contributed by atoms with van der Waals surface area (Å²) in [5.74, 6) is 0. The highest BCUT2D eigenvalue weighted by molar-refractivity contribution is 6.76. The zero-order valence-corrected chi connectivity index (χ0v) is 18.6. The van der Waals surface area contributed by atoms with Crippen molar-refractivity contribution in [1.82, 2.24) is 10.2 Å². The molecule has 1 heterocycles. The summed E-state index contributed by atoms with van der Waals surface area (Å²) in [5.41, 5.74) is 0.974. The maximum atomic E-state index is 12.5. The lowest BCUT2D eigenvalue weighted by Gasteiger charge is -2.38. The highest BCUT2D eigenvalue weighted by atomic mass is 28.3. The van der Waals surface area contributed by atoms with Gasteiger partial charge in [-0.15, -0.1) is 0 Å². The number of ether oxygens (including phenoxy) is 2. The standard InChI is InChI=1S/C21H34N2O4Si/c1-5-19-15-18(22-20(24)26-13-14-28(2,3)4)11-12-23(19)21(25)27-16-17-9-7-6-8-10-17/h6-10,18-19H,5,11-16H2,1-4H3,(H,22,24)/t18-,19-/m1/s1. The Labute approximate surface area is 169 Å². The van der Waals surface area contributed by atoms with E-state index in [4.69, 9.17) is 9.47 Å². The first-order valence-electron chi connectivity index (χ1n) is 10.2. The molecule has 1 N–H and O–H groups in total. The van der Waals surface area contributed by atoms with Crippen molar-refractivity contribution in [2.24, 2.45) is 0 Å². The summed E-state index contributed by atoms with van der Waals surface area (Å²) in [7, 11) is -1.21. The molecule has 0 saturated carbocycles. The molecule has 2 amide bonds. The number of nitrogens with zero attached hydrogens (tertiary/aromatic N) is 1. The lowest BCUT2D eigenvalue weighted by molar-refractivity contribution is 0.0598. The number of rotatable bonds is 7. The van der Waals surface area contributed by atoms with E-state index >= 15 is 0 Å². The highest BCUT2D eigenvalue weighted by Crippen LogP contribution is 2.21. The van der Waals surface area contributed by atoms with Gasteiger partial charge in [-0.3, -0.25) is 0 Å². The second-order valence-corrected chi connectivity index (χ2v) is 14.2. The molecule has 0 spiro atoms. The van der Waals surface area contributed by atoms with E-state index in [1.807, 2.05) is 30.3 Å². The maximum absolute atomic E-state index is 12.5. The molecule has 1 aromatic rings. The van der Waals surface area contributed by atoms with Crippen LogP contribution in [0.4, 0.5) is 9.59 Å². The summed E-state index contributed by atoms with van der Waals surface area (Å²) >= 11 is 0. The van der Waals surface area contributed by atoms with E-state index in [-0.39, 0.29) is 30.9 Å². The van der Waals surface area contributed by atoms with Crippen LogP contribution in [0, 0.1) is 0 Å². The number of carbonyl (C=O) groups excluding carboxylic acids is 2. The van der Waals surface area contributed by atoms with Crippen LogP contribution in [0.1, 0.15) is 31.7 Å². The molecule has 0 bridgehead atoms. The van der Waals surface area contributed by atoms with Gasteiger partial charge in [0.1, 0.15) is 6.61 Å². The minimum absolute atomic E-state index is 0.0301. The smallest absolute Gasteiger partial charge is 0.410 e.